The predicted molar refractivity (Wildman–Crippen MR) is 73.1 cm³/mol. The van der Waals surface area contributed by atoms with Crippen LogP contribution in [0.15, 0.2) is 30.3 Å². The van der Waals surface area contributed by atoms with Gasteiger partial charge in [0.05, 0.1) is 6.61 Å². The van der Waals surface area contributed by atoms with Crippen LogP contribution in [0.25, 0.3) is 0 Å². The van der Waals surface area contributed by atoms with Crippen molar-refractivity contribution in [1.82, 2.24) is 0 Å². The molecule has 0 heterocycles. The van der Waals surface area contributed by atoms with Crippen molar-refractivity contribution in [1.29, 1.82) is 0 Å². The highest BCUT2D eigenvalue weighted by Gasteiger charge is 2.28. The monoisotopic (exact) mass is 320 g/mol. The molecule has 0 spiro atoms. The fourth-order valence-electron chi connectivity index (χ4n) is 0.850. The standard InChI is InChI=1S/C11H15BrO2.BH3O3/c1-11(2,8-13)10(12)14-9-6-4-3-5-7-9;2-1(3)4/h3-7,10,13H,8H2,1-2H3;2-4H. The summed E-state index contributed by atoms with van der Waals surface area (Å²) in [6.07, 6.45) is 0. The number of aliphatic hydroxyl groups is 1. The number of hydrogen-bond donors (Lipinski definition) is 4. The summed E-state index contributed by atoms with van der Waals surface area (Å²) in [5.74, 6) is 0.802. The van der Waals surface area contributed by atoms with Gasteiger partial charge in [0.15, 0.2) is 5.01 Å². The first-order valence-electron chi connectivity index (χ1n) is 5.30. The predicted octanol–water partition coefficient (Wildman–Crippen LogP) is 0.753. The number of halogens is 1. The molecule has 4 N–H and O–H groups in total. The molecule has 0 aliphatic heterocycles. The normalized spacial score (nSPS) is 12.2. The van der Waals surface area contributed by atoms with Crippen LogP contribution in [-0.2, 0) is 0 Å². The maximum Gasteiger partial charge on any atom is 0.631 e. The van der Waals surface area contributed by atoms with E-state index >= 15 is 0 Å². The summed E-state index contributed by atoms with van der Waals surface area (Å²) in [4.78, 5) is 0. The molecule has 0 aliphatic rings. The van der Waals surface area contributed by atoms with Gasteiger partial charge in [-0.15, -0.1) is 0 Å². The zero-order chi connectivity index (χ0) is 14.2. The van der Waals surface area contributed by atoms with Crippen LogP contribution >= 0.6 is 15.9 Å². The first kappa shape index (κ1) is 17.4. The lowest BCUT2D eigenvalue weighted by molar-refractivity contribution is 0.0810. The molecule has 0 radical (unpaired) electrons. The van der Waals surface area contributed by atoms with E-state index in [-0.39, 0.29) is 17.0 Å². The zero-order valence-corrected chi connectivity index (χ0v) is 11.9. The molecule has 18 heavy (non-hydrogen) atoms. The van der Waals surface area contributed by atoms with Crippen LogP contribution in [0.2, 0.25) is 0 Å². The summed E-state index contributed by atoms with van der Waals surface area (Å²) in [7, 11) is -2.17. The van der Waals surface area contributed by atoms with Gasteiger partial charge in [0.2, 0.25) is 0 Å². The van der Waals surface area contributed by atoms with Crippen LogP contribution < -0.4 is 4.74 Å². The van der Waals surface area contributed by atoms with E-state index in [0.717, 1.165) is 5.75 Å². The number of benzene rings is 1. The third kappa shape index (κ3) is 7.68. The highest BCUT2D eigenvalue weighted by molar-refractivity contribution is 9.09. The molecule has 0 aromatic heterocycles. The fraction of sp³-hybridized carbons (Fsp3) is 0.455. The van der Waals surface area contributed by atoms with E-state index in [2.05, 4.69) is 15.9 Å². The minimum Gasteiger partial charge on any atom is -0.479 e. The summed E-state index contributed by atoms with van der Waals surface area (Å²) in [5.41, 5.74) is -0.296. The second-order valence-corrected chi connectivity index (χ2v) is 5.07. The molecular weight excluding hydrogens is 303 g/mol. The molecule has 0 saturated heterocycles. The third-order valence-corrected chi connectivity index (χ3v) is 3.43. The lowest BCUT2D eigenvalue weighted by Crippen LogP contribution is -2.32. The van der Waals surface area contributed by atoms with Crippen molar-refractivity contribution in [3.63, 3.8) is 0 Å². The number of alkyl halides is 1. The van der Waals surface area contributed by atoms with Crippen molar-refractivity contribution >= 4 is 23.3 Å². The molecule has 1 aromatic carbocycles. The van der Waals surface area contributed by atoms with Gasteiger partial charge in [-0.05, 0) is 28.1 Å². The van der Waals surface area contributed by atoms with Crippen molar-refractivity contribution in [2.24, 2.45) is 5.41 Å². The van der Waals surface area contributed by atoms with Gasteiger partial charge in [0.1, 0.15) is 5.75 Å². The maximum absolute atomic E-state index is 9.13. The van der Waals surface area contributed by atoms with E-state index < -0.39 is 7.32 Å². The number of hydrogen-bond acceptors (Lipinski definition) is 5. The summed E-state index contributed by atoms with van der Waals surface area (Å²) in [5, 5.41) is 30.4. The third-order valence-electron chi connectivity index (χ3n) is 2.00. The molecule has 5 nitrogen and oxygen atoms in total. The smallest absolute Gasteiger partial charge is 0.479 e. The molecule has 0 bridgehead atoms. The van der Waals surface area contributed by atoms with Gasteiger partial charge in [-0.2, -0.15) is 0 Å². The van der Waals surface area contributed by atoms with E-state index in [0.29, 0.717) is 0 Å². The molecule has 0 aliphatic carbocycles. The summed E-state index contributed by atoms with van der Waals surface area (Å²) in [6.45, 7) is 3.96. The number of para-hydroxylation sites is 1. The Morgan fingerprint density at radius 1 is 1.22 bits per heavy atom. The Labute approximate surface area is 115 Å². The van der Waals surface area contributed by atoms with Crippen molar-refractivity contribution < 1.29 is 24.9 Å². The minimum atomic E-state index is -2.17. The Bertz CT molecular complexity index is 318. The van der Waals surface area contributed by atoms with Crippen molar-refractivity contribution in [2.45, 2.75) is 18.9 Å². The molecular formula is C11H18BBrO5. The van der Waals surface area contributed by atoms with Crippen LogP contribution in [-0.4, -0.2) is 39.1 Å². The first-order chi connectivity index (χ1) is 8.29. The van der Waals surface area contributed by atoms with E-state index in [1.807, 2.05) is 44.2 Å². The van der Waals surface area contributed by atoms with Crippen molar-refractivity contribution in [3.8, 4) is 5.75 Å². The summed E-state index contributed by atoms with van der Waals surface area (Å²) < 4.78 is 5.63. The lowest BCUT2D eigenvalue weighted by atomic mass is 9.96. The maximum atomic E-state index is 9.13. The zero-order valence-electron chi connectivity index (χ0n) is 10.3. The Hall–Kier alpha value is -0.595. The van der Waals surface area contributed by atoms with Gasteiger partial charge < -0.3 is 24.9 Å². The Balaban J connectivity index is 0.000000631. The molecule has 0 saturated carbocycles. The largest absolute Gasteiger partial charge is 0.631 e. The SMILES string of the molecule is CC(C)(CO)C(Br)Oc1ccccc1.OB(O)O. The van der Waals surface area contributed by atoms with Gasteiger partial charge in [-0.1, -0.05) is 32.0 Å². The van der Waals surface area contributed by atoms with Gasteiger partial charge >= 0.3 is 7.32 Å². The molecule has 0 amide bonds. The number of ether oxygens (including phenoxy) is 1. The second-order valence-electron chi connectivity index (χ2n) is 4.24. The highest BCUT2D eigenvalue weighted by atomic mass is 79.9. The van der Waals surface area contributed by atoms with Gasteiger partial charge in [0.25, 0.3) is 0 Å². The molecule has 1 aromatic rings. The van der Waals surface area contributed by atoms with Gasteiger partial charge in [-0.3, -0.25) is 0 Å². The minimum absolute atomic E-state index is 0.0791. The van der Waals surface area contributed by atoms with Gasteiger partial charge in [-0.25, -0.2) is 0 Å². The van der Waals surface area contributed by atoms with Crippen molar-refractivity contribution in [2.75, 3.05) is 6.61 Å². The summed E-state index contributed by atoms with van der Waals surface area (Å²) in [6, 6.07) is 9.55. The quantitative estimate of drug-likeness (QED) is 0.485. The van der Waals surface area contributed by atoms with Crippen LogP contribution in [0.4, 0.5) is 0 Å². The average Bonchev–Trinajstić information content (AvgIpc) is 2.29. The first-order valence-corrected chi connectivity index (χ1v) is 6.22. The van der Waals surface area contributed by atoms with E-state index in [1.54, 1.807) is 0 Å². The van der Waals surface area contributed by atoms with E-state index in [1.165, 1.54) is 0 Å². The molecule has 7 heteroatoms. The lowest BCUT2D eigenvalue weighted by Gasteiger charge is -2.28. The molecule has 1 rings (SSSR count). The van der Waals surface area contributed by atoms with E-state index in [9.17, 15) is 0 Å². The Morgan fingerprint density at radius 3 is 2.06 bits per heavy atom. The highest BCUT2D eigenvalue weighted by Crippen LogP contribution is 2.28. The van der Waals surface area contributed by atoms with Crippen LogP contribution in [0, 0.1) is 5.41 Å². The van der Waals surface area contributed by atoms with Crippen LogP contribution in [0.3, 0.4) is 0 Å². The van der Waals surface area contributed by atoms with E-state index in [4.69, 9.17) is 24.9 Å². The fourth-order valence-corrected chi connectivity index (χ4v) is 1.21. The average molecular weight is 321 g/mol. The molecule has 1 atom stereocenters. The summed E-state index contributed by atoms with van der Waals surface area (Å²) >= 11 is 3.41. The number of rotatable bonds is 4. The Kier molecular flexibility index (Phi) is 8.22. The van der Waals surface area contributed by atoms with Crippen LogP contribution in [0.5, 0.6) is 5.75 Å². The van der Waals surface area contributed by atoms with Crippen molar-refractivity contribution in [3.05, 3.63) is 30.3 Å². The molecule has 102 valence electrons. The Morgan fingerprint density at radius 2 is 1.67 bits per heavy atom. The second kappa shape index (κ2) is 8.50. The molecule has 0 fully saturated rings. The topological polar surface area (TPSA) is 90.2 Å². The number of aliphatic hydroxyl groups excluding tert-OH is 1. The molecule has 1 unspecified atom stereocenters. The van der Waals surface area contributed by atoms with Crippen LogP contribution in [0.1, 0.15) is 13.8 Å². The van der Waals surface area contributed by atoms with Gasteiger partial charge in [0, 0.05) is 5.41 Å².